The number of aliphatic hydroxyl groups excluding tert-OH is 1. The van der Waals surface area contributed by atoms with Gasteiger partial charge in [-0.15, -0.1) is 0 Å². The Labute approximate surface area is 196 Å². The molecule has 0 aliphatic carbocycles. The quantitative estimate of drug-likeness (QED) is 0.505. The van der Waals surface area contributed by atoms with Gasteiger partial charge in [-0.3, -0.25) is 14.4 Å². The summed E-state index contributed by atoms with van der Waals surface area (Å²) in [6.45, 7) is 5.42. The molecule has 32 heavy (non-hydrogen) atoms. The molecule has 0 saturated carbocycles. The molecule has 3 aliphatic heterocycles. The van der Waals surface area contributed by atoms with Crippen LogP contribution in [0.2, 0.25) is 0 Å². The zero-order valence-electron chi connectivity index (χ0n) is 18.7. The molecule has 1 aromatic carbocycles. The van der Waals surface area contributed by atoms with Crippen LogP contribution in [0.3, 0.4) is 0 Å². The van der Waals surface area contributed by atoms with Crippen LogP contribution in [0.15, 0.2) is 18.2 Å². The summed E-state index contributed by atoms with van der Waals surface area (Å²) in [5.41, 5.74) is 1.40. The average molecular weight is 508 g/mol. The Morgan fingerprint density at radius 2 is 1.97 bits per heavy atom. The molecular weight excluding hydrogens is 478 g/mol. The number of anilines is 1. The van der Waals surface area contributed by atoms with E-state index in [9.17, 15) is 19.5 Å². The van der Waals surface area contributed by atoms with Crippen molar-refractivity contribution in [2.75, 3.05) is 19.0 Å². The molecule has 9 heteroatoms. The molecule has 8 nitrogen and oxygen atoms in total. The summed E-state index contributed by atoms with van der Waals surface area (Å²) in [4.78, 5) is 41.6. The predicted molar refractivity (Wildman–Crippen MR) is 122 cm³/mol. The van der Waals surface area contributed by atoms with E-state index < -0.39 is 35.6 Å². The van der Waals surface area contributed by atoms with Gasteiger partial charge in [0.05, 0.1) is 30.6 Å². The minimum atomic E-state index is -1.13. The first-order valence-corrected chi connectivity index (χ1v) is 12.0. The van der Waals surface area contributed by atoms with E-state index in [2.05, 4.69) is 26.6 Å². The van der Waals surface area contributed by atoms with Crippen LogP contribution in [0.5, 0.6) is 0 Å². The van der Waals surface area contributed by atoms with Crippen LogP contribution in [0.1, 0.15) is 30.9 Å². The number of para-hydroxylation sites is 1. The number of rotatable bonds is 6. The van der Waals surface area contributed by atoms with Crippen molar-refractivity contribution in [2.24, 2.45) is 11.8 Å². The second kappa shape index (κ2) is 8.43. The fourth-order valence-corrected chi connectivity index (χ4v) is 6.79. The summed E-state index contributed by atoms with van der Waals surface area (Å²) in [7, 11) is 1.54. The van der Waals surface area contributed by atoms with Crippen LogP contribution in [0, 0.1) is 25.7 Å². The van der Waals surface area contributed by atoms with Gasteiger partial charge in [0.25, 0.3) is 0 Å². The van der Waals surface area contributed by atoms with Crippen LogP contribution >= 0.6 is 15.9 Å². The minimum absolute atomic E-state index is 0.154. The van der Waals surface area contributed by atoms with Gasteiger partial charge in [-0.25, -0.2) is 0 Å². The zero-order valence-corrected chi connectivity index (χ0v) is 20.3. The lowest BCUT2D eigenvalue weighted by Crippen LogP contribution is -2.56. The Bertz CT molecular complexity index is 931. The first-order valence-electron chi connectivity index (χ1n) is 11.0. The highest BCUT2D eigenvalue weighted by molar-refractivity contribution is 9.09. The van der Waals surface area contributed by atoms with Crippen LogP contribution in [-0.4, -0.2) is 70.0 Å². The van der Waals surface area contributed by atoms with Gasteiger partial charge >= 0.3 is 0 Å². The number of carbonyl (C=O) groups is 3. The normalized spacial score (nSPS) is 33.9. The number of amides is 3. The molecule has 3 aliphatic rings. The molecule has 174 valence electrons. The standard InChI is InChI=1S/C23H30BrN3O5/c1-5-13(10-28)27-19(21(30)26-17-11(2)7-6-8-12(17)3)23-9-14(24)18(32-23)15(20(29)25-4)16(23)22(27)31/h6-8,13-16,18-19,28H,5,9-10H2,1-4H3,(H,25,29)(H,26,30)/t13-,14?,15-,16-,18-,19?,23?/m0/s1. The summed E-state index contributed by atoms with van der Waals surface area (Å²) in [5, 5.41) is 15.7. The summed E-state index contributed by atoms with van der Waals surface area (Å²) < 4.78 is 6.39. The molecule has 4 rings (SSSR count). The minimum Gasteiger partial charge on any atom is -0.394 e. The van der Waals surface area contributed by atoms with E-state index in [1.807, 2.05) is 39.0 Å². The maximum atomic E-state index is 13.8. The van der Waals surface area contributed by atoms with Crippen molar-refractivity contribution < 1.29 is 24.2 Å². The number of nitrogens with one attached hydrogen (secondary N) is 2. The lowest BCUT2D eigenvalue weighted by atomic mass is 9.70. The van der Waals surface area contributed by atoms with Gasteiger partial charge in [-0.05, 0) is 37.8 Å². The molecule has 3 amide bonds. The van der Waals surface area contributed by atoms with E-state index in [-0.39, 0.29) is 29.2 Å². The highest BCUT2D eigenvalue weighted by atomic mass is 79.9. The number of hydrogen-bond acceptors (Lipinski definition) is 5. The second-order valence-electron chi connectivity index (χ2n) is 9.02. The van der Waals surface area contributed by atoms with E-state index in [4.69, 9.17) is 4.74 Å². The predicted octanol–water partition coefficient (Wildman–Crippen LogP) is 1.51. The van der Waals surface area contributed by atoms with Gasteiger partial charge in [-0.2, -0.15) is 0 Å². The van der Waals surface area contributed by atoms with Crippen molar-refractivity contribution in [3.8, 4) is 0 Å². The van der Waals surface area contributed by atoms with Crippen LogP contribution in [-0.2, 0) is 19.1 Å². The van der Waals surface area contributed by atoms with Crippen molar-refractivity contribution in [3.05, 3.63) is 29.3 Å². The maximum Gasteiger partial charge on any atom is 0.250 e. The highest BCUT2D eigenvalue weighted by Crippen LogP contribution is 2.60. The smallest absolute Gasteiger partial charge is 0.250 e. The van der Waals surface area contributed by atoms with Crippen molar-refractivity contribution in [1.82, 2.24) is 10.2 Å². The third kappa shape index (κ3) is 3.20. The number of nitrogens with zero attached hydrogens (tertiary/aromatic N) is 1. The summed E-state index contributed by atoms with van der Waals surface area (Å²) in [6.07, 6.45) is 0.421. The van der Waals surface area contributed by atoms with Gasteiger partial charge in [0.15, 0.2) is 0 Å². The Kier molecular flexibility index (Phi) is 6.11. The molecule has 0 aromatic heterocycles. The average Bonchev–Trinajstić information content (AvgIpc) is 3.35. The second-order valence-corrected chi connectivity index (χ2v) is 10.2. The number of alkyl halides is 1. The number of fused-ring (bicyclic) bond motifs is 1. The molecule has 3 fully saturated rings. The van der Waals surface area contributed by atoms with Gasteiger partial charge in [-0.1, -0.05) is 41.1 Å². The van der Waals surface area contributed by atoms with Crippen molar-refractivity contribution in [3.63, 3.8) is 0 Å². The topological polar surface area (TPSA) is 108 Å². The lowest BCUT2D eigenvalue weighted by Gasteiger charge is -2.36. The highest BCUT2D eigenvalue weighted by Gasteiger charge is 2.76. The van der Waals surface area contributed by atoms with E-state index in [0.717, 1.165) is 11.1 Å². The molecule has 3 unspecified atom stereocenters. The zero-order chi connectivity index (χ0) is 23.4. The van der Waals surface area contributed by atoms with E-state index in [1.54, 1.807) is 0 Å². The van der Waals surface area contributed by atoms with E-state index in [1.165, 1.54) is 11.9 Å². The fraction of sp³-hybridized carbons (Fsp3) is 0.609. The number of likely N-dealkylation sites (tertiary alicyclic amines) is 1. The van der Waals surface area contributed by atoms with E-state index >= 15 is 0 Å². The Morgan fingerprint density at radius 3 is 2.53 bits per heavy atom. The van der Waals surface area contributed by atoms with Crippen molar-refractivity contribution >= 4 is 39.3 Å². The monoisotopic (exact) mass is 507 g/mol. The molecule has 1 aromatic rings. The van der Waals surface area contributed by atoms with Crippen LogP contribution < -0.4 is 10.6 Å². The third-order valence-electron chi connectivity index (χ3n) is 7.33. The Morgan fingerprint density at radius 1 is 1.31 bits per heavy atom. The summed E-state index contributed by atoms with van der Waals surface area (Å²) in [5.74, 6) is -2.39. The van der Waals surface area contributed by atoms with Crippen molar-refractivity contribution in [2.45, 2.75) is 62.2 Å². The number of halogens is 1. The first kappa shape index (κ1) is 23.2. The summed E-state index contributed by atoms with van der Waals surface area (Å²) in [6, 6.07) is 4.26. The Hall–Kier alpha value is -1.97. The van der Waals surface area contributed by atoms with Crippen molar-refractivity contribution in [1.29, 1.82) is 0 Å². The van der Waals surface area contributed by atoms with Gasteiger partial charge < -0.3 is 25.4 Å². The molecule has 3 N–H and O–H groups in total. The molecule has 0 radical (unpaired) electrons. The summed E-state index contributed by atoms with van der Waals surface area (Å²) >= 11 is 3.63. The molecule has 3 heterocycles. The largest absolute Gasteiger partial charge is 0.394 e. The number of benzene rings is 1. The van der Waals surface area contributed by atoms with E-state index in [0.29, 0.717) is 18.5 Å². The fourth-order valence-electron chi connectivity index (χ4n) is 5.84. The van der Waals surface area contributed by atoms with Crippen LogP contribution in [0.25, 0.3) is 0 Å². The number of ether oxygens (including phenoxy) is 1. The third-order valence-corrected chi connectivity index (χ3v) is 8.17. The number of carbonyl (C=O) groups excluding carboxylic acids is 3. The number of aliphatic hydroxyl groups is 1. The molecule has 7 atom stereocenters. The maximum absolute atomic E-state index is 13.8. The molecular formula is C23H30BrN3O5. The first-order chi connectivity index (χ1) is 15.2. The van der Waals surface area contributed by atoms with Crippen LogP contribution in [0.4, 0.5) is 5.69 Å². The molecule has 2 bridgehead atoms. The van der Waals surface area contributed by atoms with Gasteiger partial charge in [0, 0.05) is 17.6 Å². The molecule has 3 saturated heterocycles. The SMILES string of the molecule is CC[C@@H](CO)N1C(=O)[C@@H]2[C@H](C(=O)NC)[C@H]3OC2(CC3Br)C1C(=O)Nc1c(C)cccc1C. The lowest BCUT2D eigenvalue weighted by molar-refractivity contribution is -0.144. The number of hydrogen-bond donors (Lipinski definition) is 3. The Balaban J connectivity index is 1.80. The number of aryl methyl sites for hydroxylation is 2. The van der Waals surface area contributed by atoms with Gasteiger partial charge in [0.2, 0.25) is 17.7 Å². The molecule has 1 spiro atoms. The van der Waals surface area contributed by atoms with Gasteiger partial charge in [0.1, 0.15) is 11.6 Å².